The van der Waals surface area contributed by atoms with Gasteiger partial charge >= 0.3 is 0 Å². The van der Waals surface area contributed by atoms with Crippen LogP contribution in [-0.4, -0.2) is 16.5 Å². The second kappa shape index (κ2) is 6.97. The Labute approximate surface area is 122 Å². The minimum Gasteiger partial charge on any atom is -0.370 e. The second-order valence-electron chi connectivity index (χ2n) is 4.70. The molecule has 0 spiro atoms. The maximum atomic E-state index is 13.5. The fourth-order valence-corrected chi connectivity index (χ4v) is 1.87. The van der Waals surface area contributed by atoms with Gasteiger partial charge < -0.3 is 10.6 Å². The van der Waals surface area contributed by atoms with Gasteiger partial charge in [0.1, 0.15) is 29.1 Å². The van der Waals surface area contributed by atoms with Gasteiger partial charge in [-0.2, -0.15) is 0 Å². The van der Waals surface area contributed by atoms with Crippen molar-refractivity contribution < 1.29 is 8.78 Å². The van der Waals surface area contributed by atoms with Gasteiger partial charge in [0.05, 0.1) is 0 Å². The molecule has 2 N–H and O–H groups in total. The molecule has 0 saturated carbocycles. The lowest BCUT2D eigenvalue weighted by molar-refractivity contribution is 0.587. The number of hydrogen-bond donors (Lipinski definition) is 2. The Kier molecular flexibility index (Phi) is 5.03. The van der Waals surface area contributed by atoms with Gasteiger partial charge in [0.15, 0.2) is 0 Å². The van der Waals surface area contributed by atoms with E-state index in [1.807, 2.05) is 0 Å². The number of aryl methyl sites for hydroxylation is 1. The lowest BCUT2D eigenvalue weighted by Gasteiger charge is -2.10. The van der Waals surface area contributed by atoms with E-state index < -0.39 is 11.6 Å². The Balaban J connectivity index is 2.08. The average molecular weight is 292 g/mol. The molecule has 0 aliphatic carbocycles. The van der Waals surface area contributed by atoms with E-state index in [2.05, 4.69) is 27.5 Å². The quantitative estimate of drug-likeness (QED) is 0.855. The lowest BCUT2D eigenvalue weighted by atomic mass is 10.2. The molecule has 0 amide bonds. The first-order chi connectivity index (χ1) is 10.1. The Morgan fingerprint density at radius 2 is 1.76 bits per heavy atom. The largest absolute Gasteiger partial charge is 0.370 e. The molecule has 0 radical (unpaired) electrons. The first-order valence-electron chi connectivity index (χ1n) is 6.86. The van der Waals surface area contributed by atoms with Gasteiger partial charge in [-0.15, -0.1) is 0 Å². The molecule has 0 atom stereocenters. The van der Waals surface area contributed by atoms with Crippen LogP contribution in [0.5, 0.6) is 0 Å². The van der Waals surface area contributed by atoms with E-state index >= 15 is 0 Å². The van der Waals surface area contributed by atoms with E-state index in [-0.39, 0.29) is 12.1 Å². The van der Waals surface area contributed by atoms with Crippen molar-refractivity contribution in [3.63, 3.8) is 0 Å². The van der Waals surface area contributed by atoms with Crippen LogP contribution < -0.4 is 10.6 Å². The summed E-state index contributed by atoms with van der Waals surface area (Å²) in [7, 11) is 0. The number of hydrogen-bond acceptors (Lipinski definition) is 4. The van der Waals surface area contributed by atoms with E-state index in [0.29, 0.717) is 17.5 Å². The number of aromatic nitrogens is 2. The molecule has 4 nitrogen and oxygen atoms in total. The zero-order chi connectivity index (χ0) is 15.2. The number of benzene rings is 1. The maximum Gasteiger partial charge on any atom is 0.132 e. The van der Waals surface area contributed by atoms with Crippen LogP contribution in [0.1, 0.15) is 24.7 Å². The van der Waals surface area contributed by atoms with E-state index in [9.17, 15) is 8.78 Å². The molecule has 2 rings (SSSR count). The van der Waals surface area contributed by atoms with Gasteiger partial charge in [0.2, 0.25) is 0 Å². The Hall–Kier alpha value is -2.24. The van der Waals surface area contributed by atoms with Gasteiger partial charge in [-0.05, 0) is 31.5 Å². The van der Waals surface area contributed by atoms with Crippen LogP contribution in [0, 0.1) is 18.6 Å². The molecule has 112 valence electrons. The predicted molar refractivity (Wildman–Crippen MR) is 79.2 cm³/mol. The van der Waals surface area contributed by atoms with Gasteiger partial charge in [-0.3, -0.25) is 0 Å². The molecule has 1 heterocycles. The van der Waals surface area contributed by atoms with Gasteiger partial charge in [0.25, 0.3) is 0 Å². The number of anilines is 2. The highest BCUT2D eigenvalue weighted by molar-refractivity contribution is 5.47. The number of nitrogens with zero attached hydrogens (tertiary/aromatic N) is 2. The molecule has 0 saturated heterocycles. The fourth-order valence-electron chi connectivity index (χ4n) is 1.87. The van der Waals surface area contributed by atoms with Crippen LogP contribution in [-0.2, 0) is 6.54 Å². The second-order valence-corrected chi connectivity index (χ2v) is 4.70. The van der Waals surface area contributed by atoms with Crippen LogP contribution in [0.15, 0.2) is 24.3 Å². The van der Waals surface area contributed by atoms with Crippen molar-refractivity contribution in [2.45, 2.75) is 26.8 Å². The van der Waals surface area contributed by atoms with Gasteiger partial charge in [0, 0.05) is 24.7 Å². The SMILES string of the molecule is CCCNc1cc(NCc2cc(F)ccc2F)nc(C)n1. The molecule has 2 aromatic rings. The summed E-state index contributed by atoms with van der Waals surface area (Å²) < 4.78 is 26.7. The summed E-state index contributed by atoms with van der Waals surface area (Å²) in [5, 5.41) is 6.16. The summed E-state index contributed by atoms with van der Waals surface area (Å²) >= 11 is 0. The minimum atomic E-state index is -0.461. The van der Waals surface area contributed by atoms with Crippen LogP contribution in [0.4, 0.5) is 20.4 Å². The number of rotatable bonds is 6. The summed E-state index contributed by atoms with van der Waals surface area (Å²) in [5.41, 5.74) is 0.259. The highest BCUT2D eigenvalue weighted by Gasteiger charge is 2.06. The summed E-state index contributed by atoms with van der Waals surface area (Å²) in [4.78, 5) is 8.49. The Morgan fingerprint density at radius 1 is 1.05 bits per heavy atom. The van der Waals surface area contributed by atoms with E-state index in [4.69, 9.17) is 0 Å². The highest BCUT2D eigenvalue weighted by atomic mass is 19.1. The molecule has 0 aliphatic rings. The monoisotopic (exact) mass is 292 g/mol. The van der Waals surface area contributed by atoms with Crippen LogP contribution in [0.3, 0.4) is 0 Å². The molecule has 0 bridgehead atoms. The first-order valence-corrected chi connectivity index (χ1v) is 6.86. The molecular formula is C15H18F2N4. The van der Waals surface area contributed by atoms with Gasteiger partial charge in [-0.25, -0.2) is 18.7 Å². The smallest absolute Gasteiger partial charge is 0.132 e. The molecule has 1 aromatic carbocycles. The predicted octanol–water partition coefficient (Wildman–Crippen LogP) is 3.50. The van der Waals surface area contributed by atoms with Crippen molar-refractivity contribution in [3.8, 4) is 0 Å². The highest BCUT2D eigenvalue weighted by Crippen LogP contribution is 2.14. The Bertz CT molecular complexity index is 617. The Morgan fingerprint density at radius 3 is 2.48 bits per heavy atom. The summed E-state index contributed by atoms with van der Waals surface area (Å²) in [5.74, 6) is 0.992. The standard InChI is InChI=1S/C15H18F2N4/c1-3-6-18-14-8-15(21-10(2)20-14)19-9-11-7-12(16)4-5-13(11)17/h4-5,7-8H,3,6,9H2,1-2H3,(H2,18,19,20,21). The van der Waals surface area contributed by atoms with Crippen molar-refractivity contribution in [1.29, 1.82) is 0 Å². The summed E-state index contributed by atoms with van der Waals surface area (Å²) in [6.07, 6.45) is 0.986. The molecule has 6 heteroatoms. The van der Waals surface area contributed by atoms with Gasteiger partial charge in [-0.1, -0.05) is 6.92 Å². The topological polar surface area (TPSA) is 49.8 Å². The lowest BCUT2D eigenvalue weighted by Crippen LogP contribution is -2.08. The molecule has 1 aromatic heterocycles. The van der Waals surface area contributed by atoms with Crippen molar-refractivity contribution in [2.75, 3.05) is 17.2 Å². The first kappa shape index (κ1) is 15.2. The van der Waals surface area contributed by atoms with Crippen LogP contribution in [0.2, 0.25) is 0 Å². The molecule has 0 fully saturated rings. The molecule has 0 aliphatic heterocycles. The van der Waals surface area contributed by atoms with Crippen molar-refractivity contribution in [2.24, 2.45) is 0 Å². The zero-order valence-corrected chi connectivity index (χ0v) is 12.1. The number of nitrogens with one attached hydrogen (secondary N) is 2. The van der Waals surface area contributed by atoms with Crippen molar-refractivity contribution in [3.05, 3.63) is 47.3 Å². The minimum absolute atomic E-state index is 0.160. The molecule has 21 heavy (non-hydrogen) atoms. The zero-order valence-electron chi connectivity index (χ0n) is 12.1. The third kappa shape index (κ3) is 4.37. The summed E-state index contributed by atoms with van der Waals surface area (Å²) in [6.45, 7) is 4.82. The van der Waals surface area contributed by atoms with Crippen LogP contribution in [0.25, 0.3) is 0 Å². The van der Waals surface area contributed by atoms with Crippen LogP contribution >= 0.6 is 0 Å². The third-order valence-corrected chi connectivity index (χ3v) is 2.86. The van der Waals surface area contributed by atoms with E-state index in [1.165, 1.54) is 6.07 Å². The normalized spacial score (nSPS) is 10.5. The van der Waals surface area contributed by atoms with E-state index in [1.54, 1.807) is 13.0 Å². The summed E-state index contributed by atoms with van der Waals surface area (Å²) in [6, 6.07) is 5.14. The molecule has 0 unspecified atom stereocenters. The van der Waals surface area contributed by atoms with E-state index in [0.717, 1.165) is 25.1 Å². The fraction of sp³-hybridized carbons (Fsp3) is 0.333. The maximum absolute atomic E-state index is 13.5. The molecular weight excluding hydrogens is 274 g/mol. The third-order valence-electron chi connectivity index (χ3n) is 2.86. The van der Waals surface area contributed by atoms with Crippen molar-refractivity contribution in [1.82, 2.24) is 9.97 Å². The van der Waals surface area contributed by atoms with Crippen molar-refractivity contribution >= 4 is 11.6 Å². The average Bonchev–Trinajstić information content (AvgIpc) is 2.45. The number of halogens is 2.